The third kappa shape index (κ3) is 3.37. The quantitative estimate of drug-likeness (QED) is 0.906. The van der Waals surface area contributed by atoms with Gasteiger partial charge in [-0.05, 0) is 37.5 Å². The van der Waals surface area contributed by atoms with Gasteiger partial charge in [-0.25, -0.2) is 0 Å². The zero-order valence-corrected chi connectivity index (χ0v) is 14.7. The largest absolute Gasteiger partial charge is 0.483 e. The molecule has 1 aromatic carbocycles. The molecule has 1 aliphatic carbocycles. The Kier molecular flexibility index (Phi) is 4.63. The topological polar surface area (TPSA) is 59.4 Å². The van der Waals surface area contributed by atoms with Gasteiger partial charge in [0.05, 0.1) is 18.0 Å². The van der Waals surface area contributed by atoms with Crippen molar-refractivity contribution in [1.29, 1.82) is 0 Å². The first kappa shape index (κ1) is 16.4. The minimum Gasteiger partial charge on any atom is -0.483 e. The highest BCUT2D eigenvalue weighted by Crippen LogP contribution is 2.30. The van der Waals surface area contributed by atoms with E-state index < -0.39 is 0 Å². The van der Waals surface area contributed by atoms with Crippen molar-refractivity contribution in [3.05, 3.63) is 45.8 Å². The van der Waals surface area contributed by atoms with Crippen LogP contribution in [-0.2, 0) is 0 Å². The summed E-state index contributed by atoms with van der Waals surface area (Å²) in [5, 5.41) is 8.27. The van der Waals surface area contributed by atoms with Crippen molar-refractivity contribution in [2.45, 2.75) is 25.4 Å². The molecule has 0 atom stereocenters. The minimum absolute atomic E-state index is 0.129. The molecule has 0 unspecified atom stereocenters. The number of piperazine rings is 1. The Hall–Kier alpha value is -2.05. The zero-order chi connectivity index (χ0) is 17.2. The molecule has 2 aromatic rings. The lowest BCUT2D eigenvalue weighted by Crippen LogP contribution is -2.44. The fourth-order valence-electron chi connectivity index (χ4n) is 3.12. The van der Waals surface area contributed by atoms with Crippen LogP contribution in [0.15, 0.2) is 35.3 Å². The van der Waals surface area contributed by atoms with Gasteiger partial charge in [0.1, 0.15) is 5.69 Å². The number of anilines is 1. The summed E-state index contributed by atoms with van der Waals surface area (Å²) < 4.78 is 7.46. The van der Waals surface area contributed by atoms with Gasteiger partial charge in [0.2, 0.25) is 5.75 Å². The lowest BCUT2D eigenvalue weighted by molar-refractivity contribution is 0.118. The van der Waals surface area contributed by atoms with Crippen LogP contribution in [0.4, 0.5) is 5.69 Å². The van der Waals surface area contributed by atoms with Crippen molar-refractivity contribution in [2.24, 2.45) is 0 Å². The van der Waals surface area contributed by atoms with Crippen molar-refractivity contribution >= 4 is 17.3 Å². The molecular weight excluding hydrogens is 340 g/mol. The summed E-state index contributed by atoms with van der Waals surface area (Å²) in [6.45, 7) is 3.45. The van der Waals surface area contributed by atoms with Gasteiger partial charge in [0.15, 0.2) is 0 Å². The number of hydrogen-bond acceptors (Lipinski definition) is 5. The summed E-state index contributed by atoms with van der Waals surface area (Å²) in [7, 11) is 0. The van der Waals surface area contributed by atoms with Gasteiger partial charge in [0, 0.05) is 31.2 Å². The highest BCUT2D eigenvalue weighted by molar-refractivity contribution is 6.30. The van der Waals surface area contributed by atoms with E-state index in [-0.39, 0.29) is 11.7 Å². The summed E-state index contributed by atoms with van der Waals surface area (Å²) in [5.74, 6) is 0.404. The Balaban J connectivity index is 1.76. The first-order valence-corrected chi connectivity index (χ1v) is 9.11. The molecule has 1 aliphatic heterocycles. The number of hydrogen-bond donors (Lipinski definition) is 1. The van der Waals surface area contributed by atoms with Crippen LogP contribution in [0.3, 0.4) is 0 Å². The molecule has 25 heavy (non-hydrogen) atoms. The first-order valence-electron chi connectivity index (χ1n) is 8.73. The van der Waals surface area contributed by atoms with Crippen LogP contribution in [0.1, 0.15) is 19.3 Å². The maximum Gasteiger partial charge on any atom is 0.316 e. The Labute approximate surface area is 151 Å². The fourth-order valence-corrected chi connectivity index (χ4v) is 3.30. The molecule has 0 spiro atoms. The van der Waals surface area contributed by atoms with Crippen molar-refractivity contribution in [3.63, 3.8) is 0 Å². The molecule has 1 saturated carbocycles. The van der Waals surface area contributed by atoms with E-state index in [1.54, 1.807) is 18.3 Å². The van der Waals surface area contributed by atoms with Gasteiger partial charge in [0.25, 0.3) is 0 Å². The molecule has 0 amide bonds. The summed E-state index contributed by atoms with van der Waals surface area (Å²) in [6, 6.07) is 7.13. The first-order chi connectivity index (χ1) is 12.2. The smallest absolute Gasteiger partial charge is 0.316 e. The second-order valence-electron chi connectivity index (χ2n) is 6.46. The highest BCUT2D eigenvalue weighted by Gasteiger charge is 2.26. The molecule has 1 aromatic heterocycles. The number of rotatable bonds is 4. The summed E-state index contributed by atoms with van der Waals surface area (Å²) in [6.07, 6.45) is 5.02. The molecule has 0 bridgehead atoms. The third-order valence-electron chi connectivity index (χ3n) is 4.76. The molecule has 0 radical (unpaired) electrons. The van der Waals surface area contributed by atoms with E-state index in [0.29, 0.717) is 16.5 Å². The standard InChI is InChI=1S/C18H21ClN4O2/c19-13-3-1-4-14(11-13)23-18(24)17(25-15-5-2-6-15)16(12-21-23)22-9-7-20-8-10-22/h1,3-4,11-12,15,20H,2,5-10H2. The number of benzene rings is 1. The normalized spacial score (nSPS) is 18.0. The van der Waals surface area contributed by atoms with E-state index >= 15 is 0 Å². The van der Waals surface area contributed by atoms with E-state index in [4.69, 9.17) is 16.3 Å². The van der Waals surface area contributed by atoms with Crippen LogP contribution in [0.2, 0.25) is 5.02 Å². The van der Waals surface area contributed by atoms with Crippen LogP contribution < -0.4 is 20.5 Å². The van der Waals surface area contributed by atoms with Crippen molar-refractivity contribution < 1.29 is 4.74 Å². The van der Waals surface area contributed by atoms with Crippen LogP contribution >= 0.6 is 11.6 Å². The van der Waals surface area contributed by atoms with Gasteiger partial charge < -0.3 is 15.0 Å². The lowest BCUT2D eigenvalue weighted by atomic mass is 9.96. The Bertz CT molecular complexity index is 813. The van der Waals surface area contributed by atoms with E-state index in [1.807, 2.05) is 12.1 Å². The Morgan fingerprint density at radius 1 is 1.24 bits per heavy atom. The average molecular weight is 361 g/mol. The maximum absolute atomic E-state index is 13.1. The summed E-state index contributed by atoms with van der Waals surface area (Å²) >= 11 is 6.07. The molecule has 2 aliphatic rings. The number of halogens is 1. The summed E-state index contributed by atoms with van der Waals surface area (Å²) in [5.41, 5.74) is 1.20. The minimum atomic E-state index is -0.231. The third-order valence-corrected chi connectivity index (χ3v) is 5.00. The summed E-state index contributed by atoms with van der Waals surface area (Å²) in [4.78, 5) is 15.3. The molecule has 132 valence electrons. The molecule has 1 N–H and O–H groups in total. The predicted octanol–water partition coefficient (Wildman–Crippen LogP) is 2.23. The molecular formula is C18H21ClN4O2. The van der Waals surface area contributed by atoms with Crippen molar-refractivity contribution in [1.82, 2.24) is 15.1 Å². The Morgan fingerprint density at radius 3 is 2.72 bits per heavy atom. The van der Waals surface area contributed by atoms with E-state index in [9.17, 15) is 4.79 Å². The predicted molar refractivity (Wildman–Crippen MR) is 98.2 cm³/mol. The van der Waals surface area contributed by atoms with Crippen LogP contribution in [0, 0.1) is 0 Å². The van der Waals surface area contributed by atoms with E-state index in [2.05, 4.69) is 15.3 Å². The molecule has 1 saturated heterocycles. The lowest BCUT2D eigenvalue weighted by Gasteiger charge is -2.32. The molecule has 4 rings (SSSR count). The SMILES string of the molecule is O=c1c(OC2CCC2)c(N2CCNCC2)cnn1-c1cccc(Cl)c1. The van der Waals surface area contributed by atoms with Crippen LogP contribution in [0.25, 0.3) is 5.69 Å². The van der Waals surface area contributed by atoms with Crippen LogP contribution in [-0.4, -0.2) is 42.1 Å². The van der Waals surface area contributed by atoms with Crippen molar-refractivity contribution in [2.75, 3.05) is 31.1 Å². The molecule has 2 fully saturated rings. The molecule has 6 nitrogen and oxygen atoms in total. The zero-order valence-electron chi connectivity index (χ0n) is 13.9. The van der Waals surface area contributed by atoms with Gasteiger partial charge in [-0.3, -0.25) is 4.79 Å². The van der Waals surface area contributed by atoms with E-state index in [1.165, 1.54) is 4.68 Å². The van der Waals surface area contributed by atoms with Gasteiger partial charge in [-0.1, -0.05) is 17.7 Å². The van der Waals surface area contributed by atoms with E-state index in [0.717, 1.165) is 51.1 Å². The number of nitrogens with one attached hydrogen (secondary N) is 1. The van der Waals surface area contributed by atoms with Crippen molar-refractivity contribution in [3.8, 4) is 11.4 Å². The number of aromatic nitrogens is 2. The monoisotopic (exact) mass is 360 g/mol. The van der Waals surface area contributed by atoms with Gasteiger partial charge >= 0.3 is 5.56 Å². The number of ether oxygens (including phenoxy) is 1. The van der Waals surface area contributed by atoms with Gasteiger partial charge in [-0.2, -0.15) is 9.78 Å². The second kappa shape index (κ2) is 7.06. The highest BCUT2D eigenvalue weighted by atomic mass is 35.5. The maximum atomic E-state index is 13.1. The van der Waals surface area contributed by atoms with Gasteiger partial charge in [-0.15, -0.1) is 0 Å². The average Bonchev–Trinajstić information content (AvgIpc) is 2.59. The van der Waals surface area contributed by atoms with Crippen LogP contribution in [0.5, 0.6) is 5.75 Å². The molecule has 2 heterocycles. The molecule has 7 heteroatoms. The second-order valence-corrected chi connectivity index (χ2v) is 6.90. The fraction of sp³-hybridized carbons (Fsp3) is 0.444. The Morgan fingerprint density at radius 2 is 2.04 bits per heavy atom. The number of nitrogens with zero attached hydrogens (tertiary/aromatic N) is 3.